The summed E-state index contributed by atoms with van der Waals surface area (Å²) in [4.78, 5) is 38.3. The van der Waals surface area contributed by atoms with Crippen molar-refractivity contribution in [3.8, 4) is 0 Å². The molecule has 1 saturated heterocycles. The minimum absolute atomic E-state index is 0.306. The van der Waals surface area contributed by atoms with Crippen molar-refractivity contribution in [3.63, 3.8) is 0 Å². The zero-order chi connectivity index (χ0) is 19.3. The number of primary amides is 1. The zero-order valence-electron chi connectivity index (χ0n) is 15.5. The van der Waals surface area contributed by atoms with Crippen LogP contribution in [-0.2, 0) is 20.7 Å². The first-order valence-corrected chi connectivity index (χ1v) is 8.80. The minimum atomic E-state index is -0.827. The summed E-state index contributed by atoms with van der Waals surface area (Å²) in [6, 6.07) is 7.93. The van der Waals surface area contributed by atoms with Crippen LogP contribution in [0, 0.1) is 0 Å². The number of nitrogens with one attached hydrogen (secondary N) is 1. The number of carbonyl (C=O) groups is 3. The average Bonchev–Trinajstić information content (AvgIpc) is 3.02. The van der Waals surface area contributed by atoms with Gasteiger partial charge in [0.05, 0.1) is 0 Å². The maximum atomic E-state index is 13.0. The molecule has 26 heavy (non-hydrogen) atoms. The third-order valence-electron chi connectivity index (χ3n) is 4.14. The number of hydrogen-bond donors (Lipinski definition) is 2. The lowest BCUT2D eigenvalue weighted by Gasteiger charge is -2.29. The van der Waals surface area contributed by atoms with Gasteiger partial charge in [-0.25, -0.2) is 4.79 Å². The fourth-order valence-electron chi connectivity index (χ4n) is 3.03. The minimum Gasteiger partial charge on any atom is -0.444 e. The monoisotopic (exact) mass is 361 g/mol. The van der Waals surface area contributed by atoms with Gasteiger partial charge in [0.15, 0.2) is 0 Å². The zero-order valence-corrected chi connectivity index (χ0v) is 15.5. The second-order valence-electron chi connectivity index (χ2n) is 7.48. The van der Waals surface area contributed by atoms with Crippen molar-refractivity contribution in [3.05, 3.63) is 35.9 Å². The highest BCUT2D eigenvalue weighted by Gasteiger charge is 2.37. The van der Waals surface area contributed by atoms with E-state index in [0.29, 0.717) is 25.8 Å². The van der Waals surface area contributed by atoms with Crippen LogP contribution in [-0.4, -0.2) is 47.0 Å². The highest BCUT2D eigenvalue weighted by Crippen LogP contribution is 2.19. The smallest absolute Gasteiger partial charge is 0.408 e. The number of benzene rings is 1. The Labute approximate surface area is 153 Å². The predicted molar refractivity (Wildman–Crippen MR) is 97.2 cm³/mol. The molecule has 142 valence electrons. The summed E-state index contributed by atoms with van der Waals surface area (Å²) in [5.74, 6) is -0.840. The summed E-state index contributed by atoms with van der Waals surface area (Å²) in [6.07, 6.45) is 0.901. The van der Waals surface area contributed by atoms with Crippen LogP contribution in [0.1, 0.15) is 39.2 Å². The molecular formula is C19H27N3O4. The van der Waals surface area contributed by atoms with E-state index in [1.165, 1.54) is 4.90 Å². The first kappa shape index (κ1) is 19.8. The number of nitrogens with zero attached hydrogens (tertiary/aromatic N) is 1. The average molecular weight is 361 g/mol. The van der Waals surface area contributed by atoms with Crippen LogP contribution < -0.4 is 11.1 Å². The Kier molecular flexibility index (Phi) is 6.23. The van der Waals surface area contributed by atoms with Crippen molar-refractivity contribution < 1.29 is 19.1 Å². The molecule has 7 heteroatoms. The van der Waals surface area contributed by atoms with Crippen molar-refractivity contribution in [2.75, 3.05) is 6.54 Å². The summed E-state index contributed by atoms with van der Waals surface area (Å²) in [7, 11) is 0. The van der Waals surface area contributed by atoms with Gasteiger partial charge in [0.2, 0.25) is 11.8 Å². The molecule has 1 fully saturated rings. The van der Waals surface area contributed by atoms with Crippen LogP contribution in [0.3, 0.4) is 0 Å². The molecule has 3 N–H and O–H groups in total. The summed E-state index contributed by atoms with van der Waals surface area (Å²) in [5.41, 5.74) is 5.65. The third-order valence-corrected chi connectivity index (χ3v) is 4.14. The van der Waals surface area contributed by atoms with E-state index >= 15 is 0 Å². The third kappa shape index (κ3) is 5.47. The Balaban J connectivity index is 2.17. The number of carbonyl (C=O) groups excluding carboxylic acids is 3. The summed E-state index contributed by atoms with van der Waals surface area (Å²) >= 11 is 0. The summed E-state index contributed by atoms with van der Waals surface area (Å²) < 4.78 is 5.28. The van der Waals surface area contributed by atoms with Crippen molar-refractivity contribution >= 4 is 17.9 Å². The van der Waals surface area contributed by atoms with Crippen LogP contribution in [0.25, 0.3) is 0 Å². The fourth-order valence-corrected chi connectivity index (χ4v) is 3.03. The molecule has 0 saturated carbocycles. The van der Waals surface area contributed by atoms with Gasteiger partial charge in [-0.15, -0.1) is 0 Å². The van der Waals surface area contributed by atoms with Gasteiger partial charge in [-0.05, 0) is 39.2 Å². The quantitative estimate of drug-likeness (QED) is 0.831. The van der Waals surface area contributed by atoms with E-state index in [-0.39, 0.29) is 5.91 Å². The molecular weight excluding hydrogens is 334 g/mol. The fraction of sp³-hybridized carbons (Fsp3) is 0.526. The number of nitrogens with two attached hydrogens (primary N) is 1. The number of alkyl carbamates (subject to hydrolysis) is 1. The van der Waals surface area contributed by atoms with Crippen molar-refractivity contribution in [2.45, 2.75) is 57.7 Å². The molecule has 7 nitrogen and oxygen atoms in total. The molecule has 2 atom stereocenters. The standard InChI is InChI=1S/C19H27N3O4/c1-19(2,3)26-18(25)21-14(12-13-8-5-4-6-9-13)17(24)22-11-7-10-15(22)16(20)23/h4-6,8-9,14-15H,7,10-12H2,1-3H3,(H2,20,23)(H,21,25). The van der Waals surface area contributed by atoms with Gasteiger partial charge in [0.1, 0.15) is 17.7 Å². The number of ether oxygens (including phenoxy) is 1. The van der Waals surface area contributed by atoms with E-state index in [4.69, 9.17) is 10.5 Å². The van der Waals surface area contributed by atoms with Crippen LogP contribution in [0.5, 0.6) is 0 Å². The Bertz CT molecular complexity index is 654. The lowest BCUT2D eigenvalue weighted by atomic mass is 10.0. The van der Waals surface area contributed by atoms with E-state index < -0.39 is 29.7 Å². The van der Waals surface area contributed by atoms with Gasteiger partial charge >= 0.3 is 6.09 Å². The van der Waals surface area contributed by atoms with E-state index in [9.17, 15) is 14.4 Å². The topological polar surface area (TPSA) is 102 Å². The number of rotatable bonds is 5. The van der Waals surface area contributed by atoms with Crippen LogP contribution >= 0.6 is 0 Å². The molecule has 2 unspecified atom stereocenters. The van der Waals surface area contributed by atoms with Crippen LogP contribution in [0.4, 0.5) is 4.79 Å². The van der Waals surface area contributed by atoms with E-state index in [2.05, 4.69) is 5.32 Å². The number of hydrogen-bond acceptors (Lipinski definition) is 4. The van der Waals surface area contributed by atoms with Gasteiger partial charge in [0, 0.05) is 13.0 Å². The van der Waals surface area contributed by atoms with Crippen LogP contribution in [0.2, 0.25) is 0 Å². The molecule has 0 spiro atoms. The van der Waals surface area contributed by atoms with Gasteiger partial charge in [-0.2, -0.15) is 0 Å². The maximum Gasteiger partial charge on any atom is 0.408 e. The highest BCUT2D eigenvalue weighted by molar-refractivity contribution is 5.91. The number of likely N-dealkylation sites (tertiary alicyclic amines) is 1. The van der Waals surface area contributed by atoms with E-state index in [0.717, 1.165) is 5.56 Å². The predicted octanol–water partition coefficient (Wildman–Crippen LogP) is 1.60. The molecule has 1 aromatic carbocycles. The number of amides is 3. The second-order valence-corrected chi connectivity index (χ2v) is 7.48. The lowest BCUT2D eigenvalue weighted by molar-refractivity contribution is -0.139. The Morgan fingerprint density at radius 1 is 1.27 bits per heavy atom. The molecule has 1 aromatic rings. The molecule has 0 aromatic heterocycles. The highest BCUT2D eigenvalue weighted by atomic mass is 16.6. The van der Waals surface area contributed by atoms with Gasteiger partial charge in [-0.3, -0.25) is 9.59 Å². The Morgan fingerprint density at radius 3 is 2.50 bits per heavy atom. The van der Waals surface area contributed by atoms with Crippen molar-refractivity contribution in [2.24, 2.45) is 5.73 Å². The molecule has 2 rings (SSSR count). The molecule has 0 aliphatic carbocycles. The lowest BCUT2D eigenvalue weighted by Crippen LogP contribution is -2.54. The molecule has 1 heterocycles. The Hall–Kier alpha value is -2.57. The largest absolute Gasteiger partial charge is 0.444 e. The van der Waals surface area contributed by atoms with Crippen molar-refractivity contribution in [1.29, 1.82) is 0 Å². The molecule has 0 radical (unpaired) electrons. The van der Waals surface area contributed by atoms with Gasteiger partial charge in [-0.1, -0.05) is 30.3 Å². The van der Waals surface area contributed by atoms with Crippen LogP contribution in [0.15, 0.2) is 30.3 Å². The molecule has 3 amide bonds. The van der Waals surface area contributed by atoms with Gasteiger partial charge < -0.3 is 20.7 Å². The van der Waals surface area contributed by atoms with E-state index in [1.54, 1.807) is 20.8 Å². The van der Waals surface area contributed by atoms with Crippen molar-refractivity contribution in [1.82, 2.24) is 10.2 Å². The maximum absolute atomic E-state index is 13.0. The molecule has 1 aliphatic rings. The van der Waals surface area contributed by atoms with Gasteiger partial charge in [0.25, 0.3) is 0 Å². The Morgan fingerprint density at radius 2 is 1.92 bits per heavy atom. The first-order chi connectivity index (χ1) is 12.2. The molecule has 1 aliphatic heterocycles. The summed E-state index contributed by atoms with van der Waals surface area (Å²) in [5, 5.41) is 2.65. The summed E-state index contributed by atoms with van der Waals surface area (Å²) in [6.45, 7) is 5.71. The first-order valence-electron chi connectivity index (χ1n) is 8.80. The second kappa shape index (κ2) is 8.21. The SMILES string of the molecule is CC(C)(C)OC(=O)NC(Cc1ccccc1)C(=O)N1CCCC1C(N)=O. The molecule has 0 bridgehead atoms. The van der Waals surface area contributed by atoms with E-state index in [1.807, 2.05) is 30.3 Å². The normalized spacial score (nSPS) is 18.3.